The van der Waals surface area contributed by atoms with Crippen LogP contribution in [-0.4, -0.2) is 41.7 Å². The number of rotatable bonds is 6. The number of hydrogen-bond donors (Lipinski definition) is 2. The van der Waals surface area contributed by atoms with Crippen molar-refractivity contribution in [1.82, 2.24) is 14.9 Å². The first kappa shape index (κ1) is 18.1. The second-order valence-electron chi connectivity index (χ2n) is 7.05. The van der Waals surface area contributed by atoms with Crippen molar-refractivity contribution in [2.75, 3.05) is 20.6 Å². The van der Waals surface area contributed by atoms with E-state index in [1.807, 2.05) is 62.9 Å². The van der Waals surface area contributed by atoms with Gasteiger partial charge in [-0.25, -0.2) is 4.79 Å². The number of para-hydroxylation sites is 1. The monoisotopic (exact) mass is 377 g/mol. The number of carbonyl (C=O) groups excluding carboxylic acids is 1. The normalized spacial score (nSPS) is 11.4. The number of aromatic amines is 2. The van der Waals surface area contributed by atoms with E-state index in [4.69, 9.17) is 9.47 Å². The zero-order valence-electron chi connectivity index (χ0n) is 16.0. The van der Waals surface area contributed by atoms with E-state index in [1.54, 1.807) is 6.07 Å². The molecule has 28 heavy (non-hydrogen) atoms. The SMILES string of the molecule is CN(C)CCc1c[nH]c2cccc(OC(=O)OCc3c[nH]c4ccccc34)c12. The van der Waals surface area contributed by atoms with Gasteiger partial charge in [0.05, 0.1) is 0 Å². The van der Waals surface area contributed by atoms with Crippen LogP contribution in [0.25, 0.3) is 21.8 Å². The summed E-state index contributed by atoms with van der Waals surface area (Å²) >= 11 is 0. The third-order valence-electron chi connectivity index (χ3n) is 4.79. The lowest BCUT2D eigenvalue weighted by Crippen LogP contribution is -2.15. The molecule has 0 spiro atoms. The van der Waals surface area contributed by atoms with E-state index in [1.165, 1.54) is 0 Å². The number of benzene rings is 2. The number of aromatic nitrogens is 2. The molecule has 4 rings (SSSR count). The number of ether oxygens (including phenoxy) is 2. The van der Waals surface area contributed by atoms with Gasteiger partial charge in [0, 0.05) is 46.3 Å². The van der Waals surface area contributed by atoms with Crippen molar-refractivity contribution < 1.29 is 14.3 Å². The highest BCUT2D eigenvalue weighted by atomic mass is 16.7. The van der Waals surface area contributed by atoms with Gasteiger partial charge < -0.3 is 24.3 Å². The number of hydrogen-bond acceptors (Lipinski definition) is 4. The smallest absolute Gasteiger partial charge is 0.429 e. The lowest BCUT2D eigenvalue weighted by atomic mass is 10.1. The van der Waals surface area contributed by atoms with Crippen LogP contribution >= 0.6 is 0 Å². The van der Waals surface area contributed by atoms with Crippen LogP contribution in [0.15, 0.2) is 54.9 Å². The fourth-order valence-corrected chi connectivity index (χ4v) is 3.35. The predicted molar refractivity (Wildman–Crippen MR) is 110 cm³/mol. The first-order valence-corrected chi connectivity index (χ1v) is 9.25. The number of H-pyrrole nitrogens is 2. The van der Waals surface area contributed by atoms with Crippen LogP contribution in [0.1, 0.15) is 11.1 Å². The number of carbonyl (C=O) groups is 1. The van der Waals surface area contributed by atoms with Crippen molar-refractivity contribution >= 4 is 28.0 Å². The molecule has 0 aliphatic heterocycles. The average Bonchev–Trinajstić information content (AvgIpc) is 3.29. The zero-order chi connectivity index (χ0) is 19.5. The minimum atomic E-state index is -0.711. The largest absolute Gasteiger partial charge is 0.514 e. The third kappa shape index (κ3) is 3.73. The summed E-state index contributed by atoms with van der Waals surface area (Å²) in [6.07, 6.45) is 3.97. The molecule has 0 saturated carbocycles. The van der Waals surface area contributed by atoms with Gasteiger partial charge in [-0.1, -0.05) is 24.3 Å². The van der Waals surface area contributed by atoms with Gasteiger partial charge in [0.15, 0.2) is 0 Å². The minimum absolute atomic E-state index is 0.152. The second-order valence-corrected chi connectivity index (χ2v) is 7.05. The fraction of sp³-hybridized carbons (Fsp3) is 0.227. The first-order valence-electron chi connectivity index (χ1n) is 9.25. The van der Waals surface area contributed by atoms with Crippen molar-refractivity contribution in [2.24, 2.45) is 0 Å². The van der Waals surface area contributed by atoms with Gasteiger partial charge in [-0.05, 0) is 44.3 Å². The van der Waals surface area contributed by atoms with Gasteiger partial charge in [-0.2, -0.15) is 0 Å². The van der Waals surface area contributed by atoms with E-state index in [0.717, 1.165) is 45.9 Å². The van der Waals surface area contributed by atoms with E-state index >= 15 is 0 Å². The molecule has 6 heteroatoms. The molecule has 144 valence electrons. The van der Waals surface area contributed by atoms with Crippen LogP contribution in [0.2, 0.25) is 0 Å². The Morgan fingerprint density at radius 2 is 1.71 bits per heavy atom. The van der Waals surface area contributed by atoms with Crippen molar-refractivity contribution in [3.05, 3.63) is 66.0 Å². The Balaban J connectivity index is 1.48. The van der Waals surface area contributed by atoms with Crippen LogP contribution in [-0.2, 0) is 17.8 Å². The summed E-state index contributed by atoms with van der Waals surface area (Å²) in [5.41, 5.74) is 3.98. The molecule has 0 fully saturated rings. The summed E-state index contributed by atoms with van der Waals surface area (Å²) < 4.78 is 10.9. The number of nitrogens with zero attached hydrogens (tertiary/aromatic N) is 1. The Morgan fingerprint density at radius 1 is 0.964 bits per heavy atom. The molecule has 0 aliphatic rings. The Morgan fingerprint density at radius 3 is 2.57 bits per heavy atom. The topological polar surface area (TPSA) is 70.3 Å². The van der Waals surface area contributed by atoms with Crippen LogP contribution < -0.4 is 4.74 Å². The minimum Gasteiger partial charge on any atom is -0.429 e. The lowest BCUT2D eigenvalue weighted by Gasteiger charge is -2.10. The van der Waals surface area contributed by atoms with Crippen LogP contribution in [0.5, 0.6) is 5.75 Å². The lowest BCUT2D eigenvalue weighted by molar-refractivity contribution is 0.0936. The van der Waals surface area contributed by atoms with Crippen molar-refractivity contribution in [1.29, 1.82) is 0 Å². The fourth-order valence-electron chi connectivity index (χ4n) is 3.35. The van der Waals surface area contributed by atoms with Crippen LogP contribution in [0.3, 0.4) is 0 Å². The highest BCUT2D eigenvalue weighted by molar-refractivity contribution is 5.91. The van der Waals surface area contributed by atoms with E-state index in [9.17, 15) is 4.79 Å². The highest BCUT2D eigenvalue weighted by Gasteiger charge is 2.15. The Bertz CT molecular complexity index is 1110. The average molecular weight is 377 g/mol. The maximum absolute atomic E-state index is 12.3. The first-order chi connectivity index (χ1) is 13.6. The molecule has 2 aromatic heterocycles. The van der Waals surface area contributed by atoms with Gasteiger partial charge in [0.25, 0.3) is 0 Å². The zero-order valence-corrected chi connectivity index (χ0v) is 16.0. The van der Waals surface area contributed by atoms with Crippen molar-refractivity contribution in [2.45, 2.75) is 13.0 Å². The molecule has 4 aromatic rings. The molecular formula is C22H23N3O3. The van der Waals surface area contributed by atoms with Crippen molar-refractivity contribution in [3.8, 4) is 5.75 Å². The van der Waals surface area contributed by atoms with Gasteiger partial charge in [0.2, 0.25) is 0 Å². The summed E-state index contributed by atoms with van der Waals surface area (Å²) in [6, 6.07) is 13.5. The maximum atomic E-state index is 12.3. The molecule has 2 heterocycles. The Hall–Kier alpha value is -3.25. The Kier molecular flexibility index (Phi) is 5.04. The van der Waals surface area contributed by atoms with Gasteiger partial charge >= 0.3 is 6.16 Å². The molecule has 0 radical (unpaired) electrons. The highest BCUT2D eigenvalue weighted by Crippen LogP contribution is 2.29. The predicted octanol–water partition coefficient (Wildman–Crippen LogP) is 4.47. The third-order valence-corrected chi connectivity index (χ3v) is 4.79. The number of nitrogens with one attached hydrogen (secondary N) is 2. The summed E-state index contributed by atoms with van der Waals surface area (Å²) in [5, 5.41) is 1.96. The Labute approximate surface area is 163 Å². The van der Waals surface area contributed by atoms with E-state index < -0.39 is 6.16 Å². The van der Waals surface area contributed by atoms with Gasteiger partial charge in [0.1, 0.15) is 12.4 Å². The van der Waals surface area contributed by atoms with E-state index in [0.29, 0.717) is 5.75 Å². The molecule has 6 nitrogen and oxygen atoms in total. The van der Waals surface area contributed by atoms with Gasteiger partial charge in [-0.3, -0.25) is 0 Å². The quantitative estimate of drug-likeness (QED) is 0.384. The molecule has 0 atom stereocenters. The molecule has 0 bridgehead atoms. The number of likely N-dealkylation sites (N-methyl/N-ethyl adjacent to an activating group) is 1. The molecule has 2 aromatic carbocycles. The maximum Gasteiger partial charge on any atom is 0.514 e. The van der Waals surface area contributed by atoms with E-state index in [2.05, 4.69) is 14.9 Å². The standard InChI is InChI=1S/C22H23N3O3/c1-25(2)11-10-15-12-24-19-8-5-9-20(21(15)19)28-22(26)27-14-16-13-23-18-7-4-3-6-17(16)18/h3-9,12-13,23-24H,10-11,14H2,1-2H3. The summed E-state index contributed by atoms with van der Waals surface area (Å²) in [6.45, 7) is 1.06. The molecule has 2 N–H and O–H groups in total. The van der Waals surface area contributed by atoms with Gasteiger partial charge in [-0.15, -0.1) is 0 Å². The second kappa shape index (κ2) is 7.78. The molecule has 0 amide bonds. The summed E-state index contributed by atoms with van der Waals surface area (Å²) in [4.78, 5) is 20.9. The molecule has 0 saturated heterocycles. The molecular weight excluding hydrogens is 354 g/mol. The van der Waals surface area contributed by atoms with Crippen molar-refractivity contribution in [3.63, 3.8) is 0 Å². The summed E-state index contributed by atoms with van der Waals surface area (Å²) in [7, 11) is 4.07. The molecule has 0 aliphatic carbocycles. The molecule has 0 unspecified atom stereocenters. The summed E-state index contributed by atoms with van der Waals surface area (Å²) in [5.74, 6) is 0.511. The number of fused-ring (bicyclic) bond motifs is 2. The van der Waals surface area contributed by atoms with E-state index in [-0.39, 0.29) is 6.61 Å². The van der Waals surface area contributed by atoms with Crippen LogP contribution in [0.4, 0.5) is 4.79 Å². The van der Waals surface area contributed by atoms with Crippen LogP contribution in [0, 0.1) is 0 Å².